The highest BCUT2D eigenvalue weighted by molar-refractivity contribution is 5.73. The number of primary amides is 1. The molecular weight excluding hydrogens is 286 g/mol. The molecule has 2 aliphatic rings. The van der Waals surface area contributed by atoms with Crippen LogP contribution in [0.15, 0.2) is 12.1 Å². The van der Waals surface area contributed by atoms with E-state index in [1.54, 1.807) is 18.1 Å². The lowest BCUT2D eigenvalue weighted by Crippen LogP contribution is -2.09. The maximum absolute atomic E-state index is 9.59. The number of nitrogens with two attached hydrogens (primary N) is 1. The second-order valence-electron chi connectivity index (χ2n) is 5.33. The van der Waals surface area contributed by atoms with Gasteiger partial charge < -0.3 is 10.5 Å². The maximum atomic E-state index is 9.59. The Balaban J connectivity index is 0.000000461. The molecule has 1 unspecified atom stereocenters. The van der Waals surface area contributed by atoms with Crippen LogP contribution in [0.3, 0.4) is 0 Å². The van der Waals surface area contributed by atoms with Crippen LogP contribution >= 0.6 is 0 Å². The highest BCUT2D eigenvalue weighted by atomic mass is 16.5. The van der Waals surface area contributed by atoms with Crippen molar-refractivity contribution in [1.29, 1.82) is 0 Å². The third kappa shape index (κ3) is 6.25. The van der Waals surface area contributed by atoms with Crippen molar-refractivity contribution in [2.24, 2.45) is 5.73 Å². The normalized spacial score (nSPS) is 16.7. The van der Waals surface area contributed by atoms with Crippen LogP contribution < -0.4 is 10.5 Å². The summed E-state index contributed by atoms with van der Waals surface area (Å²) in [4.78, 5) is 9.59. The molecule has 0 saturated carbocycles. The summed E-state index contributed by atoms with van der Waals surface area (Å²) < 4.78 is 5.61. The zero-order chi connectivity index (χ0) is 17.8. The zero-order valence-corrected chi connectivity index (χ0v) is 15.9. The molecule has 0 radical (unpaired) electrons. The first kappa shape index (κ1) is 21.5. The Bertz CT molecular complexity index is 469. The average Bonchev–Trinajstić information content (AvgIpc) is 3.08. The molecule has 3 rings (SSSR count). The van der Waals surface area contributed by atoms with E-state index in [2.05, 4.69) is 24.8 Å². The number of ether oxygens (including phenoxy) is 1. The van der Waals surface area contributed by atoms with Gasteiger partial charge in [-0.25, -0.2) is 0 Å². The van der Waals surface area contributed by atoms with Crippen molar-refractivity contribution in [1.82, 2.24) is 0 Å². The van der Waals surface area contributed by atoms with E-state index >= 15 is 0 Å². The van der Waals surface area contributed by atoms with Gasteiger partial charge in [-0.15, -0.1) is 0 Å². The molecule has 0 saturated heterocycles. The predicted molar refractivity (Wildman–Crippen MR) is 99.2 cm³/mol. The third-order valence-corrected chi connectivity index (χ3v) is 3.94. The molecule has 1 aliphatic heterocycles. The van der Waals surface area contributed by atoms with Gasteiger partial charge in [0.15, 0.2) is 0 Å². The fourth-order valence-electron chi connectivity index (χ4n) is 2.92. The Hall–Kier alpha value is -1.51. The Kier molecular flexibility index (Phi) is 11.2. The summed E-state index contributed by atoms with van der Waals surface area (Å²) in [5.41, 5.74) is 9.36. The van der Waals surface area contributed by atoms with Gasteiger partial charge in [0.25, 0.3) is 0 Å². The van der Waals surface area contributed by atoms with Gasteiger partial charge in [0.2, 0.25) is 5.91 Å². The SMILES string of the molecule is CC.CC.CC1CCCc2ccc3c(c21)CCO3.CCC(N)=O. The monoisotopic (exact) mass is 321 g/mol. The van der Waals surface area contributed by atoms with Crippen molar-refractivity contribution in [3.05, 3.63) is 28.8 Å². The first-order valence-electron chi connectivity index (χ1n) is 9.19. The number of carbonyl (C=O) groups excluding carboxylic acids is 1. The van der Waals surface area contributed by atoms with E-state index in [9.17, 15) is 4.79 Å². The molecule has 132 valence electrons. The molecule has 1 aromatic rings. The molecule has 23 heavy (non-hydrogen) atoms. The summed E-state index contributed by atoms with van der Waals surface area (Å²) in [5, 5.41) is 0. The predicted octanol–water partition coefficient (Wildman–Crippen LogP) is 5.00. The zero-order valence-electron chi connectivity index (χ0n) is 15.9. The van der Waals surface area contributed by atoms with Crippen molar-refractivity contribution in [3.8, 4) is 5.75 Å². The van der Waals surface area contributed by atoms with Crippen LogP contribution in [0.1, 0.15) is 83.4 Å². The number of hydrogen-bond donors (Lipinski definition) is 1. The fraction of sp³-hybridized carbons (Fsp3) is 0.650. The number of aryl methyl sites for hydroxylation is 1. The van der Waals surface area contributed by atoms with Gasteiger partial charge >= 0.3 is 0 Å². The average molecular weight is 322 g/mol. The standard InChI is InChI=1S/C13H16O.C3H7NO.2C2H6/c1-9-3-2-4-10-5-6-12-11(13(9)10)7-8-14-12;1-2-3(4)5;2*1-2/h5-6,9H,2-4,7-8H2,1H3;2H2,1H3,(H2,4,5);2*1-2H3. The number of rotatable bonds is 1. The molecule has 0 fully saturated rings. The Morgan fingerprint density at radius 2 is 1.83 bits per heavy atom. The Morgan fingerprint density at radius 3 is 2.39 bits per heavy atom. The van der Waals surface area contributed by atoms with E-state index in [0.717, 1.165) is 24.7 Å². The molecular formula is C20H35NO2. The summed E-state index contributed by atoms with van der Waals surface area (Å²) >= 11 is 0. The van der Waals surface area contributed by atoms with E-state index in [0.29, 0.717) is 6.42 Å². The molecule has 0 aromatic heterocycles. The van der Waals surface area contributed by atoms with Crippen LogP contribution in [-0.2, 0) is 17.6 Å². The molecule has 3 heteroatoms. The van der Waals surface area contributed by atoms with Crippen LogP contribution in [0.2, 0.25) is 0 Å². The van der Waals surface area contributed by atoms with Gasteiger partial charge in [-0.05, 0) is 42.4 Å². The summed E-state index contributed by atoms with van der Waals surface area (Å²) in [6.07, 6.45) is 5.55. The second-order valence-corrected chi connectivity index (χ2v) is 5.33. The van der Waals surface area contributed by atoms with Crippen LogP contribution in [0, 0.1) is 0 Å². The van der Waals surface area contributed by atoms with E-state index in [1.165, 1.54) is 24.8 Å². The van der Waals surface area contributed by atoms with Gasteiger partial charge in [0.05, 0.1) is 6.61 Å². The fourth-order valence-corrected chi connectivity index (χ4v) is 2.92. The lowest BCUT2D eigenvalue weighted by atomic mass is 9.80. The number of fused-ring (bicyclic) bond motifs is 3. The summed E-state index contributed by atoms with van der Waals surface area (Å²) in [6, 6.07) is 4.44. The van der Waals surface area contributed by atoms with Gasteiger partial charge in [-0.1, -0.05) is 47.6 Å². The minimum Gasteiger partial charge on any atom is -0.493 e. The van der Waals surface area contributed by atoms with Crippen LogP contribution in [0.5, 0.6) is 5.75 Å². The van der Waals surface area contributed by atoms with Gasteiger partial charge in [0, 0.05) is 18.4 Å². The third-order valence-electron chi connectivity index (χ3n) is 3.94. The van der Waals surface area contributed by atoms with Crippen molar-refractivity contribution >= 4 is 5.91 Å². The number of carbonyl (C=O) groups is 1. The molecule has 1 amide bonds. The molecule has 1 atom stereocenters. The summed E-state index contributed by atoms with van der Waals surface area (Å²) in [7, 11) is 0. The minimum atomic E-state index is -0.245. The molecule has 1 aromatic carbocycles. The first-order chi connectivity index (χ1) is 11.1. The highest BCUT2D eigenvalue weighted by Gasteiger charge is 2.24. The van der Waals surface area contributed by atoms with Crippen molar-refractivity contribution in [2.75, 3.05) is 6.61 Å². The summed E-state index contributed by atoms with van der Waals surface area (Å²) in [6.45, 7) is 13.0. The van der Waals surface area contributed by atoms with Gasteiger partial charge in [-0.2, -0.15) is 0 Å². The number of hydrogen-bond acceptors (Lipinski definition) is 2. The highest BCUT2D eigenvalue weighted by Crippen LogP contribution is 2.40. The minimum absolute atomic E-state index is 0.245. The largest absolute Gasteiger partial charge is 0.493 e. The van der Waals surface area contributed by atoms with Gasteiger partial charge in [-0.3, -0.25) is 4.79 Å². The first-order valence-corrected chi connectivity index (χ1v) is 9.19. The van der Waals surface area contributed by atoms with Crippen LogP contribution in [-0.4, -0.2) is 12.5 Å². The van der Waals surface area contributed by atoms with Crippen LogP contribution in [0.4, 0.5) is 0 Å². The molecule has 1 heterocycles. The van der Waals surface area contributed by atoms with Crippen molar-refractivity contribution < 1.29 is 9.53 Å². The quantitative estimate of drug-likeness (QED) is 0.791. The number of benzene rings is 1. The molecule has 1 aliphatic carbocycles. The maximum Gasteiger partial charge on any atom is 0.217 e. The molecule has 0 bridgehead atoms. The van der Waals surface area contributed by atoms with Crippen molar-refractivity contribution in [3.63, 3.8) is 0 Å². The van der Waals surface area contributed by atoms with Crippen LogP contribution in [0.25, 0.3) is 0 Å². The van der Waals surface area contributed by atoms with E-state index < -0.39 is 0 Å². The molecule has 0 spiro atoms. The van der Waals surface area contributed by atoms with Gasteiger partial charge in [0.1, 0.15) is 5.75 Å². The van der Waals surface area contributed by atoms with E-state index in [4.69, 9.17) is 4.74 Å². The Labute approximate surface area is 142 Å². The molecule has 3 nitrogen and oxygen atoms in total. The smallest absolute Gasteiger partial charge is 0.217 e. The van der Waals surface area contributed by atoms with E-state index in [1.807, 2.05) is 27.7 Å². The lowest BCUT2D eigenvalue weighted by molar-refractivity contribution is -0.117. The number of amides is 1. The molecule has 2 N–H and O–H groups in total. The topological polar surface area (TPSA) is 52.3 Å². The second kappa shape index (κ2) is 12.0. The Morgan fingerprint density at radius 1 is 1.22 bits per heavy atom. The van der Waals surface area contributed by atoms with Crippen molar-refractivity contribution in [2.45, 2.75) is 79.6 Å². The summed E-state index contributed by atoms with van der Waals surface area (Å²) in [5.74, 6) is 1.65. The lowest BCUT2D eigenvalue weighted by Gasteiger charge is -2.24. The van der Waals surface area contributed by atoms with E-state index in [-0.39, 0.29) is 5.91 Å².